The van der Waals surface area contributed by atoms with Crippen molar-refractivity contribution in [2.75, 3.05) is 37.6 Å². The van der Waals surface area contributed by atoms with E-state index in [0.29, 0.717) is 35.3 Å². The van der Waals surface area contributed by atoms with Gasteiger partial charge in [-0.25, -0.2) is 9.78 Å². The first-order chi connectivity index (χ1) is 15.9. The van der Waals surface area contributed by atoms with Gasteiger partial charge in [-0.05, 0) is 38.1 Å². The number of hydrogen-bond donors (Lipinski definition) is 1. The van der Waals surface area contributed by atoms with Crippen LogP contribution in [0.15, 0.2) is 53.7 Å². The molecule has 1 aromatic heterocycles. The molecule has 0 saturated heterocycles. The molecule has 0 unspecified atom stereocenters. The first-order valence-corrected chi connectivity index (χ1v) is 11.2. The van der Waals surface area contributed by atoms with Crippen LogP contribution in [-0.4, -0.2) is 59.9 Å². The number of carbonyl (C=O) groups excluding carboxylic acids is 3. The smallest absolute Gasteiger partial charge is 0.341 e. The van der Waals surface area contributed by atoms with Crippen LogP contribution < -0.4 is 14.8 Å². The fraction of sp³-hybridized carbons (Fsp3) is 0.304. The Morgan fingerprint density at radius 1 is 1.24 bits per heavy atom. The summed E-state index contributed by atoms with van der Waals surface area (Å²) in [7, 11) is 0. The minimum atomic E-state index is -0.679. The minimum Gasteiger partial charge on any atom is -0.454 e. The van der Waals surface area contributed by atoms with Crippen molar-refractivity contribution in [3.8, 4) is 11.5 Å². The van der Waals surface area contributed by atoms with Crippen LogP contribution in [0.1, 0.15) is 24.2 Å². The number of nitrogens with zero attached hydrogens (tertiary/aromatic N) is 2. The molecule has 1 aliphatic heterocycles. The number of fused-ring (bicyclic) bond motifs is 1. The summed E-state index contributed by atoms with van der Waals surface area (Å²) in [5.41, 5.74) is 1.59. The number of likely N-dealkylation sites (N-methyl/N-ethyl adjacent to an activating group) is 1. The van der Waals surface area contributed by atoms with Crippen molar-refractivity contribution in [3.63, 3.8) is 0 Å². The molecule has 2 heterocycles. The molecule has 1 aliphatic rings. The Kier molecular flexibility index (Phi) is 8.31. The zero-order chi connectivity index (χ0) is 23.8. The van der Waals surface area contributed by atoms with Gasteiger partial charge in [-0.15, -0.1) is 0 Å². The minimum absolute atomic E-state index is 0.0207. The Labute approximate surface area is 196 Å². The van der Waals surface area contributed by atoms with Gasteiger partial charge in [0.25, 0.3) is 5.91 Å². The first kappa shape index (κ1) is 24.1. The third kappa shape index (κ3) is 6.72. The third-order valence-electron chi connectivity index (χ3n) is 4.51. The molecular weight excluding hydrogens is 446 g/mol. The summed E-state index contributed by atoms with van der Waals surface area (Å²) in [5.74, 6) is -0.0600. The lowest BCUT2D eigenvalue weighted by Gasteiger charge is -2.20. The molecule has 174 valence electrons. The average molecular weight is 472 g/mol. The lowest BCUT2D eigenvalue weighted by atomic mass is 10.3. The summed E-state index contributed by atoms with van der Waals surface area (Å²) in [5, 5.41) is 3.11. The topological polar surface area (TPSA) is 107 Å². The van der Waals surface area contributed by atoms with Gasteiger partial charge in [0, 0.05) is 31.0 Å². The van der Waals surface area contributed by atoms with E-state index in [1.165, 1.54) is 6.20 Å². The molecule has 0 saturated carbocycles. The lowest BCUT2D eigenvalue weighted by Crippen LogP contribution is -2.35. The number of hydrogen-bond acceptors (Lipinski definition) is 8. The Morgan fingerprint density at radius 2 is 2.03 bits per heavy atom. The number of benzene rings is 1. The molecule has 0 atom stereocenters. The number of amides is 2. The van der Waals surface area contributed by atoms with Gasteiger partial charge in [0.2, 0.25) is 12.7 Å². The fourth-order valence-corrected chi connectivity index (χ4v) is 3.75. The van der Waals surface area contributed by atoms with Gasteiger partial charge in [-0.1, -0.05) is 23.9 Å². The predicted octanol–water partition coefficient (Wildman–Crippen LogP) is 3.12. The van der Waals surface area contributed by atoms with E-state index in [1.54, 1.807) is 35.2 Å². The van der Waals surface area contributed by atoms with Crippen molar-refractivity contribution >= 4 is 35.2 Å². The number of rotatable bonds is 10. The zero-order valence-corrected chi connectivity index (χ0v) is 19.3. The van der Waals surface area contributed by atoms with Crippen LogP contribution >= 0.6 is 11.8 Å². The largest absolute Gasteiger partial charge is 0.454 e. The third-order valence-corrected chi connectivity index (χ3v) is 5.51. The number of esters is 1. The van der Waals surface area contributed by atoms with E-state index in [2.05, 4.69) is 16.9 Å². The SMILES string of the molecule is C=C(C)CN(CC)C(=O)COC(=O)c1cccnc1SCC(=O)Nc1ccc2c(c1)OCO2. The molecule has 2 aromatic rings. The quantitative estimate of drug-likeness (QED) is 0.320. The van der Waals surface area contributed by atoms with E-state index in [1.807, 2.05) is 13.8 Å². The van der Waals surface area contributed by atoms with Gasteiger partial charge in [-0.3, -0.25) is 9.59 Å². The summed E-state index contributed by atoms with van der Waals surface area (Å²) in [6, 6.07) is 8.25. The van der Waals surface area contributed by atoms with Crippen LogP contribution in [0.5, 0.6) is 11.5 Å². The number of anilines is 1. The number of nitrogens with one attached hydrogen (secondary N) is 1. The van der Waals surface area contributed by atoms with Crippen LogP contribution in [0.25, 0.3) is 0 Å². The molecule has 0 radical (unpaired) electrons. The highest BCUT2D eigenvalue weighted by atomic mass is 32.2. The number of thioether (sulfide) groups is 1. The van der Waals surface area contributed by atoms with Crippen LogP contribution in [0.4, 0.5) is 5.69 Å². The first-order valence-electron chi connectivity index (χ1n) is 10.2. The lowest BCUT2D eigenvalue weighted by molar-refractivity contribution is -0.133. The maximum atomic E-state index is 12.6. The average Bonchev–Trinajstić information content (AvgIpc) is 3.27. The van der Waals surface area contributed by atoms with Gasteiger partial charge in [0.1, 0.15) is 5.03 Å². The Hall–Kier alpha value is -3.53. The molecule has 1 aromatic carbocycles. The molecule has 33 heavy (non-hydrogen) atoms. The summed E-state index contributed by atoms with van der Waals surface area (Å²) >= 11 is 1.09. The number of ether oxygens (including phenoxy) is 3. The number of aromatic nitrogens is 1. The maximum Gasteiger partial charge on any atom is 0.341 e. The van der Waals surface area contributed by atoms with Gasteiger partial charge >= 0.3 is 5.97 Å². The highest BCUT2D eigenvalue weighted by Gasteiger charge is 2.19. The van der Waals surface area contributed by atoms with Crippen LogP contribution in [0.3, 0.4) is 0 Å². The van der Waals surface area contributed by atoms with Gasteiger partial charge in [0.15, 0.2) is 18.1 Å². The molecule has 9 nitrogen and oxygen atoms in total. The molecule has 0 aliphatic carbocycles. The molecule has 1 N–H and O–H groups in total. The maximum absolute atomic E-state index is 12.6. The van der Waals surface area contributed by atoms with Crippen molar-refractivity contribution in [3.05, 3.63) is 54.2 Å². The van der Waals surface area contributed by atoms with Gasteiger partial charge in [-0.2, -0.15) is 0 Å². The van der Waals surface area contributed by atoms with Crippen molar-refractivity contribution in [2.45, 2.75) is 18.9 Å². The van der Waals surface area contributed by atoms with Crippen LogP contribution in [0.2, 0.25) is 0 Å². The van der Waals surface area contributed by atoms with Crippen LogP contribution in [-0.2, 0) is 14.3 Å². The van der Waals surface area contributed by atoms with Crippen molar-refractivity contribution in [2.24, 2.45) is 0 Å². The monoisotopic (exact) mass is 471 g/mol. The second-order valence-electron chi connectivity index (χ2n) is 7.20. The van der Waals surface area contributed by atoms with E-state index in [4.69, 9.17) is 14.2 Å². The summed E-state index contributed by atoms with van der Waals surface area (Å²) < 4.78 is 15.8. The second kappa shape index (κ2) is 11.4. The number of carbonyl (C=O) groups is 3. The highest BCUT2D eigenvalue weighted by molar-refractivity contribution is 8.00. The molecule has 0 bridgehead atoms. The molecule has 10 heteroatoms. The zero-order valence-electron chi connectivity index (χ0n) is 18.5. The van der Waals surface area contributed by atoms with Gasteiger partial charge < -0.3 is 24.4 Å². The second-order valence-corrected chi connectivity index (χ2v) is 8.17. The molecule has 3 rings (SSSR count). The van der Waals surface area contributed by atoms with Crippen molar-refractivity contribution < 1.29 is 28.6 Å². The Bertz CT molecular complexity index is 1060. The fourth-order valence-electron chi connectivity index (χ4n) is 2.96. The molecule has 0 spiro atoms. The Morgan fingerprint density at radius 3 is 2.79 bits per heavy atom. The van der Waals surface area contributed by atoms with E-state index in [-0.39, 0.29) is 36.5 Å². The van der Waals surface area contributed by atoms with E-state index >= 15 is 0 Å². The summed E-state index contributed by atoms with van der Waals surface area (Å²) in [6.07, 6.45) is 1.52. The van der Waals surface area contributed by atoms with E-state index in [0.717, 1.165) is 17.3 Å². The van der Waals surface area contributed by atoms with Crippen LogP contribution in [0, 0.1) is 0 Å². The Balaban J connectivity index is 1.55. The number of pyridine rings is 1. The molecule has 0 fully saturated rings. The highest BCUT2D eigenvalue weighted by Crippen LogP contribution is 2.34. The predicted molar refractivity (Wildman–Crippen MR) is 124 cm³/mol. The standard InChI is InChI=1S/C23H25N3O6S/c1-4-26(11-15(2)3)21(28)12-30-23(29)17-6-5-9-24-22(17)33-13-20(27)25-16-7-8-18-19(10-16)32-14-31-18/h5-10H,2,4,11-14H2,1,3H3,(H,25,27). The van der Waals surface area contributed by atoms with Crippen molar-refractivity contribution in [1.29, 1.82) is 0 Å². The molecule has 2 amide bonds. The summed E-state index contributed by atoms with van der Waals surface area (Å²) in [4.78, 5) is 43.0. The summed E-state index contributed by atoms with van der Waals surface area (Å²) in [6.45, 7) is 8.11. The molecular formula is C23H25N3O6S. The van der Waals surface area contributed by atoms with Crippen molar-refractivity contribution in [1.82, 2.24) is 9.88 Å². The normalized spacial score (nSPS) is 11.6. The van der Waals surface area contributed by atoms with E-state index < -0.39 is 5.97 Å². The van der Waals surface area contributed by atoms with E-state index in [9.17, 15) is 14.4 Å². The van der Waals surface area contributed by atoms with Gasteiger partial charge in [0.05, 0.1) is 11.3 Å².